The first-order valence-corrected chi connectivity index (χ1v) is 5.54. The molecule has 2 bridgehead atoms. The summed E-state index contributed by atoms with van der Waals surface area (Å²) < 4.78 is 5.27. The number of carbonyl (C=O) groups excluding carboxylic acids is 2. The molecule has 0 saturated heterocycles. The van der Waals surface area contributed by atoms with Gasteiger partial charge in [0, 0.05) is 5.97 Å². The second-order valence-electron chi connectivity index (χ2n) is 4.58. The topological polar surface area (TPSA) is 66.4 Å². The van der Waals surface area contributed by atoms with Crippen molar-refractivity contribution in [2.24, 2.45) is 11.8 Å². The summed E-state index contributed by atoms with van der Waals surface area (Å²) in [4.78, 5) is 21.4. The van der Waals surface area contributed by atoms with Crippen LogP contribution in [-0.4, -0.2) is 18.0 Å². The van der Waals surface area contributed by atoms with Gasteiger partial charge in [-0.3, -0.25) is 4.79 Å². The number of rotatable bonds is 4. The Morgan fingerprint density at radius 1 is 1.20 bits per heavy atom. The summed E-state index contributed by atoms with van der Waals surface area (Å²) in [5.74, 6) is -0.326. The van der Waals surface area contributed by atoms with Gasteiger partial charge < -0.3 is 14.6 Å². The minimum Gasteiger partial charge on any atom is -0.550 e. The van der Waals surface area contributed by atoms with Gasteiger partial charge in [0.1, 0.15) is 6.10 Å². The van der Waals surface area contributed by atoms with Crippen molar-refractivity contribution in [2.45, 2.75) is 44.6 Å². The van der Waals surface area contributed by atoms with Gasteiger partial charge in [0.25, 0.3) is 0 Å². The van der Waals surface area contributed by atoms with E-state index in [4.69, 9.17) is 4.74 Å². The number of aliphatic carboxylic acids is 1. The summed E-state index contributed by atoms with van der Waals surface area (Å²) in [6.45, 7) is 0. The lowest BCUT2D eigenvalue weighted by Crippen LogP contribution is -2.26. The Morgan fingerprint density at radius 3 is 2.53 bits per heavy atom. The van der Waals surface area contributed by atoms with Crippen LogP contribution in [0.15, 0.2) is 0 Å². The summed E-state index contributed by atoms with van der Waals surface area (Å²) in [7, 11) is 0. The third-order valence-corrected chi connectivity index (χ3v) is 3.49. The van der Waals surface area contributed by atoms with Gasteiger partial charge in [0.15, 0.2) is 0 Å². The summed E-state index contributed by atoms with van der Waals surface area (Å²) in [6, 6.07) is 0. The van der Waals surface area contributed by atoms with Crippen molar-refractivity contribution >= 4 is 11.9 Å². The first-order chi connectivity index (χ1) is 7.15. The molecule has 0 aliphatic heterocycles. The number of carbonyl (C=O) groups is 2. The summed E-state index contributed by atoms with van der Waals surface area (Å²) in [5.41, 5.74) is 0. The van der Waals surface area contributed by atoms with Crippen molar-refractivity contribution in [1.82, 2.24) is 0 Å². The maximum atomic E-state index is 11.3. The van der Waals surface area contributed by atoms with Gasteiger partial charge >= 0.3 is 5.97 Å². The predicted molar refractivity (Wildman–Crippen MR) is 49.6 cm³/mol. The Bertz CT molecular complexity index is 274. The van der Waals surface area contributed by atoms with Gasteiger partial charge in [-0.2, -0.15) is 0 Å². The molecule has 0 aromatic rings. The highest BCUT2D eigenvalue weighted by Crippen LogP contribution is 2.45. The van der Waals surface area contributed by atoms with Crippen LogP contribution < -0.4 is 5.11 Å². The maximum absolute atomic E-state index is 11.3. The second-order valence-corrected chi connectivity index (χ2v) is 4.58. The fraction of sp³-hybridized carbons (Fsp3) is 0.818. The van der Waals surface area contributed by atoms with E-state index in [0.29, 0.717) is 5.92 Å². The maximum Gasteiger partial charge on any atom is 0.306 e. The SMILES string of the molecule is O=C([O-])CCC(=O)O[C@H]1C[C@H]2CC[C@@H]1C2. The lowest BCUT2D eigenvalue weighted by molar-refractivity contribution is -0.305. The van der Waals surface area contributed by atoms with Crippen molar-refractivity contribution in [3.8, 4) is 0 Å². The number of hydrogen-bond acceptors (Lipinski definition) is 4. The van der Waals surface area contributed by atoms with Gasteiger partial charge in [-0.25, -0.2) is 0 Å². The third kappa shape index (κ3) is 2.49. The second kappa shape index (κ2) is 4.21. The molecule has 0 spiro atoms. The fourth-order valence-electron chi connectivity index (χ4n) is 2.76. The van der Waals surface area contributed by atoms with Crippen LogP contribution in [-0.2, 0) is 14.3 Å². The van der Waals surface area contributed by atoms with E-state index in [9.17, 15) is 14.7 Å². The lowest BCUT2D eigenvalue weighted by Gasteiger charge is -2.21. The molecule has 0 N–H and O–H groups in total. The quantitative estimate of drug-likeness (QED) is 0.625. The van der Waals surface area contributed by atoms with Crippen LogP contribution in [0.3, 0.4) is 0 Å². The highest BCUT2D eigenvalue weighted by Gasteiger charge is 2.41. The van der Waals surface area contributed by atoms with E-state index in [-0.39, 0.29) is 18.9 Å². The molecule has 2 aliphatic carbocycles. The molecular formula is C11H15O4-. The van der Waals surface area contributed by atoms with E-state index in [2.05, 4.69) is 0 Å². The molecule has 2 saturated carbocycles. The third-order valence-electron chi connectivity index (χ3n) is 3.49. The Labute approximate surface area is 88.6 Å². The molecular weight excluding hydrogens is 196 g/mol. The molecule has 2 fully saturated rings. The smallest absolute Gasteiger partial charge is 0.306 e. The summed E-state index contributed by atoms with van der Waals surface area (Å²) in [6.07, 6.45) is 4.33. The molecule has 0 aromatic heterocycles. The molecule has 0 aromatic carbocycles. The van der Waals surface area contributed by atoms with Crippen LogP contribution in [0.4, 0.5) is 0 Å². The molecule has 4 heteroatoms. The number of carboxylic acid groups (broad SMARTS) is 1. The van der Waals surface area contributed by atoms with E-state index in [1.807, 2.05) is 0 Å². The van der Waals surface area contributed by atoms with Crippen molar-refractivity contribution in [2.75, 3.05) is 0 Å². The number of ether oxygens (including phenoxy) is 1. The molecule has 0 heterocycles. The monoisotopic (exact) mass is 211 g/mol. The zero-order valence-electron chi connectivity index (χ0n) is 8.61. The van der Waals surface area contributed by atoms with Crippen molar-refractivity contribution in [1.29, 1.82) is 0 Å². The Morgan fingerprint density at radius 2 is 2.00 bits per heavy atom. The Kier molecular flexibility index (Phi) is 2.93. The van der Waals surface area contributed by atoms with Crippen LogP contribution in [0.25, 0.3) is 0 Å². The zero-order chi connectivity index (χ0) is 10.8. The normalized spacial score (nSPS) is 32.9. The molecule has 2 aliphatic rings. The Hall–Kier alpha value is -1.06. The Balaban J connectivity index is 1.73. The minimum atomic E-state index is -1.19. The standard InChI is InChI=1S/C11H16O4/c12-10(13)3-4-11(14)15-9-6-7-1-2-8(9)5-7/h7-9H,1-6H2,(H,12,13)/p-1/t7-,8+,9-/m0/s1. The molecule has 0 radical (unpaired) electrons. The van der Waals surface area contributed by atoms with Crippen LogP contribution in [0, 0.1) is 11.8 Å². The summed E-state index contributed by atoms with van der Waals surface area (Å²) >= 11 is 0. The van der Waals surface area contributed by atoms with Gasteiger partial charge in [-0.1, -0.05) is 0 Å². The van der Waals surface area contributed by atoms with Gasteiger partial charge in [-0.05, 0) is 43.9 Å². The van der Waals surface area contributed by atoms with Gasteiger partial charge in [-0.15, -0.1) is 0 Å². The molecule has 0 unspecified atom stereocenters. The predicted octanol–water partition coefficient (Wildman–Crippen LogP) is 0.248. The van der Waals surface area contributed by atoms with Crippen LogP contribution in [0.1, 0.15) is 38.5 Å². The molecule has 0 amide bonds. The molecule has 4 nitrogen and oxygen atoms in total. The highest BCUT2D eigenvalue weighted by atomic mass is 16.5. The van der Waals surface area contributed by atoms with Crippen molar-refractivity contribution in [3.63, 3.8) is 0 Å². The van der Waals surface area contributed by atoms with Crippen molar-refractivity contribution in [3.05, 3.63) is 0 Å². The summed E-state index contributed by atoms with van der Waals surface area (Å²) in [5, 5.41) is 10.1. The minimum absolute atomic E-state index is 0.0537. The highest BCUT2D eigenvalue weighted by molar-refractivity contribution is 5.75. The first kappa shape index (κ1) is 10.5. The van der Waals surface area contributed by atoms with E-state index in [1.165, 1.54) is 12.8 Å². The number of fused-ring (bicyclic) bond motifs is 2. The fourth-order valence-corrected chi connectivity index (χ4v) is 2.76. The van der Waals surface area contributed by atoms with E-state index < -0.39 is 11.9 Å². The van der Waals surface area contributed by atoms with Crippen molar-refractivity contribution < 1.29 is 19.4 Å². The zero-order valence-corrected chi connectivity index (χ0v) is 8.61. The van der Waals surface area contributed by atoms with Crippen LogP contribution in [0.2, 0.25) is 0 Å². The van der Waals surface area contributed by atoms with E-state index in [0.717, 1.165) is 18.8 Å². The van der Waals surface area contributed by atoms with E-state index >= 15 is 0 Å². The average Bonchev–Trinajstić information content (AvgIpc) is 2.76. The first-order valence-electron chi connectivity index (χ1n) is 5.54. The number of carboxylic acids is 1. The molecule has 3 atom stereocenters. The molecule has 84 valence electrons. The number of esters is 1. The molecule has 15 heavy (non-hydrogen) atoms. The lowest BCUT2D eigenvalue weighted by atomic mass is 9.98. The largest absolute Gasteiger partial charge is 0.550 e. The van der Waals surface area contributed by atoms with Gasteiger partial charge in [0.2, 0.25) is 0 Å². The average molecular weight is 211 g/mol. The van der Waals surface area contributed by atoms with Crippen LogP contribution in [0.5, 0.6) is 0 Å². The number of hydrogen-bond donors (Lipinski definition) is 0. The van der Waals surface area contributed by atoms with E-state index in [1.54, 1.807) is 0 Å². The molecule has 2 rings (SSSR count). The van der Waals surface area contributed by atoms with Crippen LogP contribution >= 0.6 is 0 Å². The van der Waals surface area contributed by atoms with Gasteiger partial charge in [0.05, 0.1) is 6.42 Å².